The lowest BCUT2D eigenvalue weighted by molar-refractivity contribution is -0.422. The predicted octanol–water partition coefficient (Wildman–Crippen LogP) is 0.910. The summed E-state index contributed by atoms with van der Waals surface area (Å²) in [6, 6.07) is 0. The monoisotopic (exact) mass is 224 g/mol. The van der Waals surface area contributed by atoms with Crippen molar-refractivity contribution < 1.29 is 28.4 Å². The van der Waals surface area contributed by atoms with E-state index in [0.29, 0.717) is 0 Å². The highest BCUT2D eigenvalue weighted by Crippen LogP contribution is 2.16. The molecule has 0 rings (SSSR count). The zero-order valence-corrected chi connectivity index (χ0v) is 10.2. The van der Waals surface area contributed by atoms with Gasteiger partial charge in [0, 0.05) is 42.3 Å². The van der Waals surface area contributed by atoms with Crippen molar-refractivity contribution in [1.29, 1.82) is 0 Å². The Labute approximate surface area is 90.3 Å². The molecule has 0 saturated carbocycles. The van der Waals surface area contributed by atoms with Gasteiger partial charge in [0.2, 0.25) is 0 Å². The van der Waals surface area contributed by atoms with Crippen molar-refractivity contribution in [3.05, 3.63) is 0 Å². The van der Waals surface area contributed by atoms with Gasteiger partial charge < -0.3 is 28.4 Å². The normalized spacial score (nSPS) is 13.2. The first-order chi connectivity index (χ1) is 6.95. The van der Waals surface area contributed by atoms with Gasteiger partial charge in [0.15, 0.2) is 6.79 Å². The van der Waals surface area contributed by atoms with Crippen LogP contribution in [0.3, 0.4) is 0 Å². The summed E-state index contributed by atoms with van der Waals surface area (Å²) in [5.74, 6) is -2.27. The van der Waals surface area contributed by atoms with Crippen LogP contribution >= 0.6 is 0 Å². The van der Waals surface area contributed by atoms with E-state index in [1.165, 1.54) is 28.4 Å². The maximum Gasteiger partial charge on any atom is 0.281 e. The van der Waals surface area contributed by atoms with E-state index in [1.807, 2.05) is 0 Å². The predicted molar refractivity (Wildman–Crippen MR) is 51.9 cm³/mol. The van der Waals surface area contributed by atoms with Gasteiger partial charge in [0.1, 0.15) is 0 Å². The average molecular weight is 224 g/mol. The molecule has 0 spiro atoms. The van der Waals surface area contributed by atoms with Crippen LogP contribution in [0.25, 0.3) is 0 Å². The Morgan fingerprint density at radius 1 is 0.667 bits per heavy atom. The minimum absolute atomic E-state index is 0.0869. The molecular weight excluding hydrogens is 204 g/mol. The average Bonchev–Trinajstić information content (AvgIpc) is 2.28. The van der Waals surface area contributed by atoms with E-state index >= 15 is 0 Å². The maximum absolute atomic E-state index is 5.20. The van der Waals surface area contributed by atoms with Crippen LogP contribution in [0.4, 0.5) is 0 Å². The molecule has 0 aromatic carbocycles. The largest absolute Gasteiger partial charge is 0.331 e. The summed E-state index contributed by atoms with van der Waals surface area (Å²) < 4.78 is 30.3. The molecule has 6 nitrogen and oxygen atoms in total. The number of rotatable bonds is 8. The summed E-state index contributed by atoms with van der Waals surface area (Å²) in [6.45, 7) is 3.15. The van der Waals surface area contributed by atoms with Crippen molar-refractivity contribution >= 4 is 0 Å². The molecule has 0 atom stereocenters. The Bertz CT molecular complexity index is 146. The Balaban J connectivity index is 3.96. The van der Waals surface area contributed by atoms with E-state index in [-0.39, 0.29) is 6.79 Å². The smallest absolute Gasteiger partial charge is 0.281 e. The van der Waals surface area contributed by atoms with Gasteiger partial charge in [0.25, 0.3) is 11.9 Å². The Hall–Kier alpha value is -0.240. The molecule has 0 saturated heterocycles. The van der Waals surface area contributed by atoms with Gasteiger partial charge in [-0.15, -0.1) is 0 Å². The summed E-state index contributed by atoms with van der Waals surface area (Å²) in [6.07, 6.45) is 0. The van der Waals surface area contributed by atoms with Gasteiger partial charge in [-0.2, -0.15) is 0 Å². The third-order valence-electron chi connectivity index (χ3n) is 2.13. The first-order valence-corrected chi connectivity index (χ1v) is 4.44. The van der Waals surface area contributed by atoms with Crippen LogP contribution in [-0.2, 0) is 28.4 Å². The molecule has 0 aromatic rings. The van der Waals surface area contributed by atoms with Crippen molar-refractivity contribution in [3.63, 3.8) is 0 Å². The van der Waals surface area contributed by atoms with E-state index < -0.39 is 11.9 Å². The van der Waals surface area contributed by atoms with Gasteiger partial charge in [-0.25, -0.2) is 0 Å². The van der Waals surface area contributed by atoms with Crippen molar-refractivity contribution in [2.75, 3.05) is 35.2 Å². The molecule has 0 N–H and O–H groups in total. The van der Waals surface area contributed by atoms with Crippen molar-refractivity contribution in [2.45, 2.75) is 25.8 Å². The fraction of sp³-hybridized carbons (Fsp3) is 1.00. The molecular formula is C9H20O6. The van der Waals surface area contributed by atoms with E-state index in [9.17, 15) is 0 Å². The first-order valence-electron chi connectivity index (χ1n) is 4.44. The van der Waals surface area contributed by atoms with Crippen LogP contribution in [0.15, 0.2) is 0 Å². The Morgan fingerprint density at radius 3 is 1.13 bits per heavy atom. The van der Waals surface area contributed by atoms with Crippen molar-refractivity contribution in [3.8, 4) is 0 Å². The first kappa shape index (κ1) is 14.8. The highest BCUT2D eigenvalue weighted by molar-refractivity contribution is 4.44. The van der Waals surface area contributed by atoms with Crippen LogP contribution in [-0.4, -0.2) is 47.2 Å². The molecule has 92 valence electrons. The molecule has 0 aliphatic heterocycles. The highest BCUT2D eigenvalue weighted by Gasteiger charge is 2.28. The minimum atomic E-state index is -1.14. The molecule has 0 aromatic heterocycles. The van der Waals surface area contributed by atoms with E-state index in [0.717, 1.165) is 0 Å². The zero-order valence-electron chi connectivity index (χ0n) is 10.2. The number of methoxy groups -OCH3 is 4. The van der Waals surface area contributed by atoms with E-state index in [2.05, 4.69) is 0 Å². The number of hydrogen-bond acceptors (Lipinski definition) is 6. The lowest BCUT2D eigenvalue weighted by atomic mass is 10.6. The second-order valence-electron chi connectivity index (χ2n) is 2.95. The molecule has 15 heavy (non-hydrogen) atoms. The van der Waals surface area contributed by atoms with Crippen LogP contribution < -0.4 is 0 Å². The fourth-order valence-electron chi connectivity index (χ4n) is 0.646. The summed E-state index contributed by atoms with van der Waals surface area (Å²) in [4.78, 5) is 0. The van der Waals surface area contributed by atoms with E-state index in [4.69, 9.17) is 28.4 Å². The maximum atomic E-state index is 5.20. The molecule has 0 bridgehead atoms. The molecule has 0 aliphatic rings. The van der Waals surface area contributed by atoms with Crippen LogP contribution in [0.5, 0.6) is 0 Å². The summed E-state index contributed by atoms with van der Waals surface area (Å²) in [5.41, 5.74) is 0. The summed E-state index contributed by atoms with van der Waals surface area (Å²) in [5, 5.41) is 0. The SMILES string of the molecule is COC(C)(OC)OCOC(C)(OC)OC. The van der Waals surface area contributed by atoms with E-state index in [1.54, 1.807) is 13.8 Å². The molecule has 0 aliphatic carbocycles. The summed E-state index contributed by atoms with van der Waals surface area (Å²) in [7, 11) is 5.87. The lowest BCUT2D eigenvalue weighted by Gasteiger charge is -2.30. The molecule has 0 unspecified atom stereocenters. The quantitative estimate of drug-likeness (QED) is 0.571. The van der Waals surface area contributed by atoms with Gasteiger partial charge in [-0.3, -0.25) is 0 Å². The third kappa shape index (κ3) is 4.87. The highest BCUT2D eigenvalue weighted by atomic mass is 16.9. The molecule has 6 heteroatoms. The number of hydrogen-bond donors (Lipinski definition) is 0. The lowest BCUT2D eigenvalue weighted by Crippen LogP contribution is -2.39. The third-order valence-corrected chi connectivity index (χ3v) is 2.13. The van der Waals surface area contributed by atoms with Crippen LogP contribution in [0.1, 0.15) is 13.8 Å². The topological polar surface area (TPSA) is 55.4 Å². The fourth-order valence-corrected chi connectivity index (χ4v) is 0.646. The molecule has 0 amide bonds. The van der Waals surface area contributed by atoms with Gasteiger partial charge in [-0.05, 0) is 0 Å². The zero-order chi connectivity index (χ0) is 11.9. The Morgan fingerprint density at radius 2 is 0.933 bits per heavy atom. The van der Waals surface area contributed by atoms with Gasteiger partial charge in [-0.1, -0.05) is 0 Å². The minimum Gasteiger partial charge on any atom is -0.331 e. The molecule has 0 heterocycles. The second kappa shape index (κ2) is 6.37. The van der Waals surface area contributed by atoms with Crippen LogP contribution in [0, 0.1) is 0 Å². The summed E-state index contributed by atoms with van der Waals surface area (Å²) >= 11 is 0. The number of ether oxygens (including phenoxy) is 6. The standard InChI is InChI=1S/C9H20O6/c1-8(10-3,11-4)14-7-15-9(2,12-5)13-6/h7H2,1-6H3. The van der Waals surface area contributed by atoms with Gasteiger partial charge in [0.05, 0.1) is 0 Å². The molecule has 0 fully saturated rings. The van der Waals surface area contributed by atoms with Crippen molar-refractivity contribution in [2.24, 2.45) is 0 Å². The molecule has 0 radical (unpaired) electrons. The van der Waals surface area contributed by atoms with Gasteiger partial charge >= 0.3 is 0 Å². The van der Waals surface area contributed by atoms with Crippen LogP contribution in [0.2, 0.25) is 0 Å². The van der Waals surface area contributed by atoms with Crippen molar-refractivity contribution in [1.82, 2.24) is 0 Å². The second-order valence-corrected chi connectivity index (χ2v) is 2.95. The Kier molecular flexibility index (Phi) is 6.26.